The Bertz CT molecular complexity index is 1350. The van der Waals surface area contributed by atoms with Gasteiger partial charge in [0.15, 0.2) is 5.78 Å². The Balaban J connectivity index is 1.81. The average Bonchev–Trinajstić information content (AvgIpc) is 2.94. The van der Waals surface area contributed by atoms with E-state index in [0.717, 1.165) is 48.6 Å². The number of aryl methyl sites for hydroxylation is 1. The van der Waals surface area contributed by atoms with E-state index in [0.29, 0.717) is 11.1 Å². The quantitative estimate of drug-likeness (QED) is 0.198. The van der Waals surface area contributed by atoms with Gasteiger partial charge in [0.05, 0.1) is 11.5 Å². The smallest absolute Gasteiger partial charge is 0.283 e. The van der Waals surface area contributed by atoms with Crippen molar-refractivity contribution in [3.8, 4) is 0 Å². The van der Waals surface area contributed by atoms with E-state index < -0.39 is 40.8 Å². The predicted molar refractivity (Wildman–Crippen MR) is 149 cm³/mol. The molecule has 0 radical (unpaired) electrons. The standard InChI is InChI=1S/C30H30ClN3O5/c1-20-12-14-22(15-13-20)28(29(36)32-24-10-6-3-7-11-24)33(19-27(35)21-8-4-2-5-9-21)30(37)25-17-16-23(31)18-26(25)34(38)39/h2,4-5,8-9,12-18,24,28H,3,6-7,10-11,19H2,1H3,(H,32,36). The van der Waals surface area contributed by atoms with E-state index in [-0.39, 0.29) is 16.6 Å². The van der Waals surface area contributed by atoms with Gasteiger partial charge in [0.25, 0.3) is 11.6 Å². The maximum atomic E-state index is 14.1. The zero-order chi connectivity index (χ0) is 27.9. The van der Waals surface area contributed by atoms with Crippen LogP contribution in [0.1, 0.15) is 70.0 Å². The van der Waals surface area contributed by atoms with Crippen molar-refractivity contribution >= 4 is 34.9 Å². The van der Waals surface area contributed by atoms with Crippen molar-refractivity contribution in [1.29, 1.82) is 0 Å². The molecule has 202 valence electrons. The van der Waals surface area contributed by atoms with Crippen LogP contribution < -0.4 is 5.32 Å². The number of carbonyl (C=O) groups is 3. The first-order valence-electron chi connectivity index (χ1n) is 12.9. The highest BCUT2D eigenvalue weighted by Crippen LogP contribution is 2.30. The van der Waals surface area contributed by atoms with Crippen LogP contribution in [0.15, 0.2) is 72.8 Å². The first kappa shape index (κ1) is 28.0. The summed E-state index contributed by atoms with van der Waals surface area (Å²) in [6.45, 7) is 1.44. The Morgan fingerprint density at radius 1 is 1.00 bits per heavy atom. The number of ketones is 1. The van der Waals surface area contributed by atoms with Gasteiger partial charge in [-0.1, -0.05) is 91.0 Å². The van der Waals surface area contributed by atoms with E-state index in [4.69, 9.17) is 11.6 Å². The van der Waals surface area contributed by atoms with Crippen LogP contribution in [0.4, 0.5) is 5.69 Å². The van der Waals surface area contributed by atoms with E-state index in [1.54, 1.807) is 42.5 Å². The third-order valence-electron chi connectivity index (χ3n) is 6.96. The summed E-state index contributed by atoms with van der Waals surface area (Å²) in [5, 5.41) is 15.0. The lowest BCUT2D eigenvalue weighted by Crippen LogP contribution is -2.48. The zero-order valence-corrected chi connectivity index (χ0v) is 22.4. The Morgan fingerprint density at radius 3 is 2.31 bits per heavy atom. The molecule has 39 heavy (non-hydrogen) atoms. The Labute approximate surface area is 232 Å². The summed E-state index contributed by atoms with van der Waals surface area (Å²) in [4.78, 5) is 53.6. The second-order valence-electron chi connectivity index (χ2n) is 9.80. The number of amides is 2. The number of nitro benzene ring substituents is 1. The molecular weight excluding hydrogens is 518 g/mol. The van der Waals surface area contributed by atoms with Gasteiger partial charge in [0.1, 0.15) is 11.6 Å². The van der Waals surface area contributed by atoms with Gasteiger partial charge in [0.2, 0.25) is 5.91 Å². The number of nitro groups is 1. The normalized spacial score (nSPS) is 14.3. The van der Waals surface area contributed by atoms with Crippen molar-refractivity contribution in [2.45, 2.75) is 51.1 Å². The second kappa shape index (κ2) is 12.7. The molecule has 0 heterocycles. The van der Waals surface area contributed by atoms with Gasteiger partial charge in [-0.2, -0.15) is 0 Å². The van der Waals surface area contributed by atoms with Crippen LogP contribution in [0.2, 0.25) is 5.02 Å². The number of rotatable bonds is 9. The lowest BCUT2D eigenvalue weighted by Gasteiger charge is -2.33. The molecule has 0 aliphatic heterocycles. The molecule has 1 saturated carbocycles. The maximum Gasteiger partial charge on any atom is 0.283 e. The summed E-state index contributed by atoms with van der Waals surface area (Å²) in [7, 11) is 0. The summed E-state index contributed by atoms with van der Waals surface area (Å²) in [6, 6.07) is 18.0. The molecule has 1 aliphatic carbocycles. The van der Waals surface area contributed by atoms with Crippen LogP contribution in [0.5, 0.6) is 0 Å². The molecule has 1 unspecified atom stereocenters. The van der Waals surface area contributed by atoms with Crippen LogP contribution in [0, 0.1) is 17.0 Å². The number of nitrogens with zero attached hydrogens (tertiary/aromatic N) is 2. The zero-order valence-electron chi connectivity index (χ0n) is 21.6. The highest BCUT2D eigenvalue weighted by Gasteiger charge is 2.37. The monoisotopic (exact) mass is 547 g/mol. The van der Waals surface area contributed by atoms with Crippen molar-refractivity contribution in [2.75, 3.05) is 6.54 Å². The topological polar surface area (TPSA) is 110 Å². The third kappa shape index (κ3) is 6.89. The molecule has 4 rings (SSSR count). The fraction of sp³-hybridized carbons (Fsp3) is 0.300. The van der Waals surface area contributed by atoms with Gasteiger partial charge in [-0.25, -0.2) is 0 Å². The van der Waals surface area contributed by atoms with Gasteiger partial charge in [-0.3, -0.25) is 24.5 Å². The van der Waals surface area contributed by atoms with Crippen molar-refractivity contribution in [2.24, 2.45) is 0 Å². The highest BCUT2D eigenvalue weighted by molar-refractivity contribution is 6.31. The fourth-order valence-corrected chi connectivity index (χ4v) is 5.06. The lowest BCUT2D eigenvalue weighted by molar-refractivity contribution is -0.385. The van der Waals surface area contributed by atoms with E-state index in [9.17, 15) is 24.5 Å². The number of hydrogen-bond donors (Lipinski definition) is 1. The minimum atomic E-state index is -1.19. The van der Waals surface area contributed by atoms with Gasteiger partial charge in [-0.05, 0) is 37.5 Å². The molecule has 1 aliphatic rings. The lowest BCUT2D eigenvalue weighted by atomic mass is 9.94. The fourth-order valence-electron chi connectivity index (χ4n) is 4.89. The number of halogens is 1. The van der Waals surface area contributed by atoms with Gasteiger partial charge in [0, 0.05) is 22.7 Å². The minimum Gasteiger partial charge on any atom is -0.351 e. The predicted octanol–water partition coefficient (Wildman–Crippen LogP) is 6.07. The molecule has 1 N–H and O–H groups in total. The largest absolute Gasteiger partial charge is 0.351 e. The first-order valence-corrected chi connectivity index (χ1v) is 13.3. The summed E-state index contributed by atoms with van der Waals surface area (Å²) < 4.78 is 0. The number of Topliss-reactive ketones (excluding diaryl/α,β-unsaturated/α-hetero) is 1. The van der Waals surface area contributed by atoms with Gasteiger partial charge < -0.3 is 10.2 Å². The van der Waals surface area contributed by atoms with E-state index in [2.05, 4.69) is 5.32 Å². The molecule has 0 bridgehead atoms. The molecule has 0 saturated heterocycles. The third-order valence-corrected chi connectivity index (χ3v) is 7.20. The summed E-state index contributed by atoms with van der Waals surface area (Å²) in [5.41, 5.74) is 1.06. The molecule has 3 aromatic carbocycles. The van der Waals surface area contributed by atoms with E-state index >= 15 is 0 Å². The van der Waals surface area contributed by atoms with Crippen LogP contribution in [0.25, 0.3) is 0 Å². The van der Waals surface area contributed by atoms with E-state index in [1.165, 1.54) is 12.1 Å². The minimum absolute atomic E-state index is 0.0501. The number of benzene rings is 3. The average molecular weight is 548 g/mol. The summed E-state index contributed by atoms with van der Waals surface area (Å²) in [6.07, 6.45) is 4.74. The van der Waals surface area contributed by atoms with Gasteiger partial charge >= 0.3 is 0 Å². The molecule has 1 atom stereocenters. The van der Waals surface area contributed by atoms with Crippen LogP contribution in [-0.2, 0) is 4.79 Å². The number of nitrogens with one attached hydrogen (secondary N) is 1. The number of carbonyl (C=O) groups excluding carboxylic acids is 3. The molecule has 1 fully saturated rings. The molecule has 9 heteroatoms. The van der Waals surface area contributed by atoms with Crippen molar-refractivity contribution in [3.63, 3.8) is 0 Å². The molecule has 2 amide bonds. The van der Waals surface area contributed by atoms with Crippen LogP contribution >= 0.6 is 11.6 Å². The summed E-state index contributed by atoms with van der Waals surface area (Å²) in [5.74, 6) is -1.65. The summed E-state index contributed by atoms with van der Waals surface area (Å²) >= 11 is 5.99. The van der Waals surface area contributed by atoms with Crippen molar-refractivity contribution in [3.05, 3.63) is 110 Å². The van der Waals surface area contributed by atoms with Crippen LogP contribution in [0.3, 0.4) is 0 Å². The molecule has 0 spiro atoms. The molecule has 0 aromatic heterocycles. The Kier molecular flexibility index (Phi) is 9.09. The molecular formula is C30H30ClN3O5. The van der Waals surface area contributed by atoms with Crippen molar-refractivity contribution < 1.29 is 19.3 Å². The first-order chi connectivity index (χ1) is 18.7. The van der Waals surface area contributed by atoms with E-state index in [1.807, 2.05) is 19.1 Å². The van der Waals surface area contributed by atoms with Gasteiger partial charge in [-0.15, -0.1) is 0 Å². The Hall–Kier alpha value is -4.04. The SMILES string of the molecule is Cc1ccc(C(C(=O)NC2CCCCC2)N(CC(=O)c2ccccc2)C(=O)c2ccc(Cl)cc2[N+](=O)[O-])cc1. The second-order valence-corrected chi connectivity index (χ2v) is 10.2. The van der Waals surface area contributed by atoms with Crippen LogP contribution in [-0.4, -0.2) is 40.0 Å². The number of hydrogen-bond acceptors (Lipinski definition) is 5. The Morgan fingerprint density at radius 2 is 1.67 bits per heavy atom. The van der Waals surface area contributed by atoms with Crippen molar-refractivity contribution in [1.82, 2.24) is 10.2 Å². The molecule has 8 nitrogen and oxygen atoms in total. The highest BCUT2D eigenvalue weighted by atomic mass is 35.5. The maximum absolute atomic E-state index is 14.1. The molecule has 3 aromatic rings.